The molecule has 0 unspecified atom stereocenters. The van der Waals surface area contributed by atoms with E-state index in [0.717, 1.165) is 12.8 Å². The molecule has 0 N–H and O–H groups in total. The predicted octanol–water partition coefficient (Wildman–Crippen LogP) is 3.58. The van der Waals surface area contributed by atoms with Crippen LogP contribution in [0.15, 0.2) is 22.7 Å². The highest BCUT2D eigenvalue weighted by atomic mass is 19.1. The van der Waals surface area contributed by atoms with Crippen molar-refractivity contribution in [2.45, 2.75) is 40.2 Å². The van der Waals surface area contributed by atoms with Crippen LogP contribution in [0.2, 0.25) is 0 Å². The van der Waals surface area contributed by atoms with Crippen molar-refractivity contribution in [1.82, 2.24) is 10.1 Å². The van der Waals surface area contributed by atoms with Crippen molar-refractivity contribution in [2.24, 2.45) is 5.92 Å². The van der Waals surface area contributed by atoms with Crippen molar-refractivity contribution in [3.63, 3.8) is 0 Å². The van der Waals surface area contributed by atoms with Crippen molar-refractivity contribution in [3.05, 3.63) is 41.3 Å². The molecule has 0 aliphatic carbocycles. The Morgan fingerprint density at radius 2 is 2.18 bits per heavy atom. The van der Waals surface area contributed by atoms with Gasteiger partial charge in [0.05, 0.1) is 5.56 Å². The minimum absolute atomic E-state index is 0.0427. The lowest BCUT2D eigenvalue weighted by Gasteiger charge is -2.05. The van der Waals surface area contributed by atoms with Crippen molar-refractivity contribution >= 4 is 5.78 Å². The number of hydrogen-bond acceptors (Lipinski definition) is 5. The van der Waals surface area contributed by atoms with Gasteiger partial charge in [0.15, 0.2) is 18.2 Å². The Hall–Kier alpha value is -2.24. The molecule has 0 aliphatic heterocycles. The summed E-state index contributed by atoms with van der Waals surface area (Å²) in [6, 6.07) is 4.11. The fourth-order valence-corrected chi connectivity index (χ4v) is 1.88. The maximum atomic E-state index is 13.7. The van der Waals surface area contributed by atoms with E-state index in [0.29, 0.717) is 23.4 Å². The Bertz CT molecular complexity index is 653. The molecule has 5 nitrogen and oxygen atoms in total. The summed E-state index contributed by atoms with van der Waals surface area (Å²) in [4.78, 5) is 15.4. The number of Topliss-reactive ketones (excluding diaryl/α,β-unsaturated/α-hetero) is 1. The molecule has 0 atom stereocenters. The van der Waals surface area contributed by atoms with E-state index in [1.165, 1.54) is 25.1 Å². The van der Waals surface area contributed by atoms with Gasteiger partial charge in [-0.1, -0.05) is 19.0 Å². The van der Waals surface area contributed by atoms with Crippen LogP contribution >= 0.6 is 0 Å². The molecule has 0 radical (unpaired) electrons. The topological polar surface area (TPSA) is 65.2 Å². The zero-order valence-electron chi connectivity index (χ0n) is 12.9. The van der Waals surface area contributed by atoms with Gasteiger partial charge in [-0.2, -0.15) is 4.98 Å². The number of benzene rings is 1. The fourth-order valence-electron chi connectivity index (χ4n) is 1.88. The van der Waals surface area contributed by atoms with Crippen molar-refractivity contribution in [1.29, 1.82) is 0 Å². The third kappa shape index (κ3) is 4.38. The summed E-state index contributed by atoms with van der Waals surface area (Å²) in [5, 5.41) is 3.87. The highest BCUT2D eigenvalue weighted by molar-refractivity contribution is 5.94. The lowest BCUT2D eigenvalue weighted by atomic mass is 10.1. The van der Waals surface area contributed by atoms with Gasteiger partial charge in [0.25, 0.3) is 5.89 Å². The molecule has 1 aromatic carbocycles. The van der Waals surface area contributed by atoms with Gasteiger partial charge < -0.3 is 9.26 Å². The van der Waals surface area contributed by atoms with Crippen molar-refractivity contribution in [2.75, 3.05) is 0 Å². The molecular weight excluding hydrogens is 287 g/mol. The summed E-state index contributed by atoms with van der Waals surface area (Å²) in [5.41, 5.74) is 0.0427. The van der Waals surface area contributed by atoms with Crippen LogP contribution in [0, 0.1) is 11.7 Å². The quantitative estimate of drug-likeness (QED) is 0.731. The summed E-state index contributed by atoms with van der Waals surface area (Å²) >= 11 is 0. The maximum absolute atomic E-state index is 13.7. The second-order valence-corrected chi connectivity index (χ2v) is 5.52. The van der Waals surface area contributed by atoms with Crippen LogP contribution in [-0.4, -0.2) is 15.9 Å². The zero-order chi connectivity index (χ0) is 16.1. The van der Waals surface area contributed by atoms with E-state index in [1.54, 1.807) is 0 Å². The molecule has 0 spiro atoms. The molecule has 0 fully saturated rings. The highest BCUT2D eigenvalue weighted by Crippen LogP contribution is 2.18. The van der Waals surface area contributed by atoms with Crippen LogP contribution in [0.4, 0.5) is 4.39 Å². The van der Waals surface area contributed by atoms with Crippen molar-refractivity contribution < 1.29 is 18.4 Å². The SMILES string of the molecule is CC(=O)c1ccc(OCc2nc(CCC(C)C)no2)cc1F. The molecule has 2 rings (SSSR count). The third-order valence-corrected chi connectivity index (χ3v) is 3.14. The van der Waals surface area contributed by atoms with Gasteiger partial charge in [-0.15, -0.1) is 0 Å². The van der Waals surface area contributed by atoms with E-state index < -0.39 is 5.82 Å². The van der Waals surface area contributed by atoms with Crippen LogP contribution < -0.4 is 4.74 Å². The van der Waals surface area contributed by atoms with Crippen molar-refractivity contribution in [3.8, 4) is 5.75 Å². The number of carbonyl (C=O) groups excluding carboxylic acids is 1. The molecule has 118 valence electrons. The average Bonchev–Trinajstić information content (AvgIpc) is 2.90. The zero-order valence-corrected chi connectivity index (χ0v) is 12.9. The van der Waals surface area contributed by atoms with E-state index in [1.807, 2.05) is 0 Å². The second-order valence-electron chi connectivity index (χ2n) is 5.52. The minimum Gasteiger partial charge on any atom is -0.484 e. The number of rotatable bonds is 7. The van der Waals surface area contributed by atoms with Gasteiger partial charge in [-0.05, 0) is 31.4 Å². The molecule has 1 heterocycles. The normalized spacial score (nSPS) is 11.0. The van der Waals surface area contributed by atoms with E-state index >= 15 is 0 Å². The monoisotopic (exact) mass is 306 g/mol. The molecule has 0 amide bonds. The first-order chi connectivity index (χ1) is 10.5. The van der Waals surface area contributed by atoms with Crippen LogP contribution in [0.5, 0.6) is 5.75 Å². The molecule has 2 aromatic rings. The summed E-state index contributed by atoms with van der Waals surface area (Å²) in [5.74, 6) is 0.939. The summed E-state index contributed by atoms with van der Waals surface area (Å²) in [6.45, 7) is 5.64. The standard InChI is InChI=1S/C16H19FN2O3/c1-10(2)4-7-15-18-16(22-19-15)9-21-12-5-6-13(11(3)20)14(17)8-12/h5-6,8,10H,4,7,9H2,1-3H3. The number of nitrogens with zero attached hydrogens (tertiary/aromatic N) is 2. The second kappa shape index (κ2) is 7.15. The van der Waals surface area contributed by atoms with Crippen LogP contribution in [0.3, 0.4) is 0 Å². The predicted molar refractivity (Wildman–Crippen MR) is 78.2 cm³/mol. The molecule has 0 saturated carbocycles. The molecule has 0 aliphatic rings. The van der Waals surface area contributed by atoms with E-state index in [2.05, 4.69) is 24.0 Å². The van der Waals surface area contributed by atoms with E-state index in [4.69, 9.17) is 9.26 Å². The molecule has 0 saturated heterocycles. The van der Waals surface area contributed by atoms with Gasteiger partial charge in [0, 0.05) is 12.5 Å². The Kier molecular flexibility index (Phi) is 5.25. The number of ketones is 1. The van der Waals surface area contributed by atoms with Crippen LogP contribution in [0.25, 0.3) is 0 Å². The summed E-state index contributed by atoms with van der Waals surface area (Å²) in [7, 11) is 0. The first kappa shape index (κ1) is 16.1. The highest BCUT2D eigenvalue weighted by Gasteiger charge is 2.11. The molecule has 0 bridgehead atoms. The summed E-state index contributed by atoms with van der Waals surface area (Å²) < 4.78 is 24.1. The van der Waals surface area contributed by atoms with E-state index in [-0.39, 0.29) is 18.0 Å². The van der Waals surface area contributed by atoms with Gasteiger partial charge in [0.2, 0.25) is 0 Å². The first-order valence-corrected chi connectivity index (χ1v) is 7.20. The Morgan fingerprint density at radius 3 is 2.82 bits per heavy atom. The third-order valence-electron chi connectivity index (χ3n) is 3.14. The first-order valence-electron chi connectivity index (χ1n) is 7.20. The Morgan fingerprint density at radius 1 is 1.41 bits per heavy atom. The fraction of sp³-hybridized carbons (Fsp3) is 0.438. The summed E-state index contributed by atoms with van der Waals surface area (Å²) in [6.07, 6.45) is 1.74. The average molecular weight is 306 g/mol. The van der Waals surface area contributed by atoms with Gasteiger partial charge in [0.1, 0.15) is 11.6 Å². The lowest BCUT2D eigenvalue weighted by Crippen LogP contribution is -2.00. The molecule has 6 heteroatoms. The molecule has 22 heavy (non-hydrogen) atoms. The molecular formula is C16H19FN2O3. The number of ether oxygens (including phenoxy) is 1. The van der Waals surface area contributed by atoms with Gasteiger partial charge in [-0.3, -0.25) is 4.79 Å². The van der Waals surface area contributed by atoms with Crippen LogP contribution in [-0.2, 0) is 13.0 Å². The molecule has 1 aromatic heterocycles. The number of halogens is 1. The Balaban J connectivity index is 1.93. The smallest absolute Gasteiger partial charge is 0.264 e. The number of aromatic nitrogens is 2. The Labute approximate surface area is 128 Å². The maximum Gasteiger partial charge on any atom is 0.264 e. The number of carbonyl (C=O) groups is 1. The number of hydrogen-bond donors (Lipinski definition) is 0. The largest absolute Gasteiger partial charge is 0.484 e. The van der Waals surface area contributed by atoms with Gasteiger partial charge in [-0.25, -0.2) is 4.39 Å². The van der Waals surface area contributed by atoms with Crippen LogP contribution in [0.1, 0.15) is 49.3 Å². The minimum atomic E-state index is -0.604. The van der Waals surface area contributed by atoms with Gasteiger partial charge >= 0.3 is 0 Å². The number of aryl methyl sites for hydroxylation is 1. The lowest BCUT2D eigenvalue weighted by molar-refractivity contribution is 0.101. The van der Waals surface area contributed by atoms with E-state index in [9.17, 15) is 9.18 Å².